The van der Waals surface area contributed by atoms with Crippen molar-refractivity contribution in [3.8, 4) is 0 Å². The van der Waals surface area contributed by atoms with Crippen molar-refractivity contribution in [1.29, 1.82) is 0 Å². The molecule has 0 spiro atoms. The summed E-state index contributed by atoms with van der Waals surface area (Å²) in [7, 11) is 0. The minimum atomic E-state index is -2.55. The highest BCUT2D eigenvalue weighted by atomic mass is 33.7. The standard InChI is InChI=1S/H4OP2S6.H4P2S7.H3PS4/c4-2(5,6)1-3(7,8)9;3-1(4,5)9-2(6,7)8;2-1(3,4)5/h(H2,4,5,6)(H2,7,8,9);(H2,3,4,5)(H2,6,7,8);(H3,2,3,4,5)/p-11. The van der Waals surface area contributed by atoms with E-state index in [1.165, 1.54) is 0 Å². The first-order chi connectivity index (χ1) is 9.41. The van der Waals surface area contributed by atoms with E-state index in [2.05, 4.69) is 121 Å². The summed E-state index contributed by atoms with van der Waals surface area (Å²) in [6, 6.07) is 0. The largest absolute Gasteiger partial charge is 0.794 e. The predicted octanol–water partition coefficient (Wildman–Crippen LogP) is 4.85. The van der Waals surface area contributed by atoms with Gasteiger partial charge >= 0.3 is 0 Å². The first-order valence-corrected chi connectivity index (χ1v) is 30.7. The molecule has 23 heavy (non-hydrogen) atoms. The predicted molar refractivity (Wildman–Crippen MR) is 161 cm³/mol. The Labute approximate surface area is 225 Å². The van der Waals surface area contributed by atoms with Gasteiger partial charge in [0.05, 0.1) is 0 Å². The van der Waals surface area contributed by atoms with Gasteiger partial charge < -0.3 is 143 Å². The first-order valence-electron chi connectivity index (χ1n) is 3.65. The van der Waals surface area contributed by atoms with Crippen LogP contribution in [-0.2, 0) is 198 Å². The number of hydrogen-bond donors (Lipinski definition) is 0. The highest BCUT2D eigenvalue weighted by Crippen LogP contribution is 2.74. The average molecular weight is 716 g/mol. The maximum Gasteiger partial charge on any atom is -0.121 e. The van der Waals surface area contributed by atoms with Crippen molar-refractivity contribution in [2.24, 2.45) is 0 Å². The van der Waals surface area contributed by atoms with Gasteiger partial charge in [-0.05, 0) is 0 Å². The molecule has 0 heterocycles. The van der Waals surface area contributed by atoms with Crippen molar-refractivity contribution >= 4 is 225 Å². The smallest absolute Gasteiger partial charge is 0.121 e. The van der Waals surface area contributed by atoms with Crippen LogP contribution < -0.4 is 0 Å². The Morgan fingerprint density at radius 3 is 0.696 bits per heavy atom. The van der Waals surface area contributed by atoms with Crippen molar-refractivity contribution in [3.05, 3.63) is 0 Å². The molecule has 1 nitrogen and oxygen atoms in total. The highest BCUT2D eigenvalue weighted by molar-refractivity contribution is 9.34. The van der Waals surface area contributed by atoms with E-state index >= 15 is 0 Å². The Kier molecular flexibility index (Phi) is 23.3. The average Bonchev–Trinajstić information content (AvgIpc) is 1.81. The Bertz CT molecular complexity index is 466. The molecule has 0 fully saturated rings. The Hall–Kier alpha value is 7.41. The summed E-state index contributed by atoms with van der Waals surface area (Å²) >= 11 is 74.7. The fourth-order valence-corrected chi connectivity index (χ4v) is 39.7. The third-order valence-corrected chi connectivity index (χ3v) is 21.6. The van der Waals surface area contributed by atoms with Gasteiger partial charge in [0.1, 0.15) is 0 Å². The molecule has 0 aliphatic rings. The van der Waals surface area contributed by atoms with E-state index in [-0.39, 0.29) is 0 Å². The maximum absolute atomic E-state index is 4.76. The third kappa shape index (κ3) is 58.6. The zero-order valence-electron chi connectivity index (χ0n) is 9.58. The van der Waals surface area contributed by atoms with Crippen molar-refractivity contribution in [2.75, 3.05) is 0 Å². The second-order valence-corrected chi connectivity index (χ2v) is 55.3. The molecule has 0 N–H and O–H groups in total. The van der Waals surface area contributed by atoms with Crippen LogP contribution in [0.5, 0.6) is 0 Å². The zero-order valence-corrected chi connectivity index (χ0v) is 27.9. The lowest BCUT2D eigenvalue weighted by Gasteiger charge is -2.49. The van der Waals surface area contributed by atoms with Crippen LogP contribution in [0.25, 0.3) is 0 Å². The van der Waals surface area contributed by atoms with Crippen molar-refractivity contribution in [3.63, 3.8) is 0 Å². The molecule has 0 atom stereocenters. The van der Waals surface area contributed by atoms with Gasteiger partial charge in [0.2, 0.25) is 0 Å². The second-order valence-electron chi connectivity index (χ2n) is 2.40. The van der Waals surface area contributed by atoms with Crippen molar-refractivity contribution < 1.29 is 4.31 Å². The number of rotatable bonds is 4. The van der Waals surface area contributed by atoms with Crippen LogP contribution >= 0.6 is 31.3 Å². The molecule has 0 bridgehead atoms. The van der Waals surface area contributed by atoms with E-state index in [9.17, 15) is 0 Å². The SMILES string of the molecule is S=P([S-])([S-])OP(=S)([S-])[S-].S=P([S-])([S-])SP(=S)([S-])[S-].S=P([S-])([S-])[S-]. The van der Waals surface area contributed by atoms with Crippen molar-refractivity contribution in [1.82, 2.24) is 0 Å². The van der Waals surface area contributed by atoms with E-state index in [4.69, 9.17) is 76.9 Å². The zero-order chi connectivity index (χ0) is 19.9. The molecule has 23 heteroatoms. The summed E-state index contributed by atoms with van der Waals surface area (Å²) in [6.45, 7) is 0. The van der Waals surface area contributed by atoms with Gasteiger partial charge in [0, 0.05) is 0 Å². The van der Waals surface area contributed by atoms with Crippen LogP contribution in [0.1, 0.15) is 0 Å². The Morgan fingerprint density at radius 1 is 0.522 bits per heavy atom. The quantitative estimate of drug-likeness (QED) is 0.290. The number of hydrogen-bond acceptors (Lipinski definition) is 18. The molecule has 0 saturated heterocycles. The summed E-state index contributed by atoms with van der Waals surface area (Å²) < 4.78 is -6.69. The van der Waals surface area contributed by atoms with Gasteiger partial charge in [-0.1, -0.05) is 0 Å². The highest BCUT2D eigenvalue weighted by Gasteiger charge is 1.81. The fraction of sp³-hybridized carbons (Fsp3) is 0. The molecule has 0 aromatic carbocycles. The minimum Gasteiger partial charge on any atom is -0.794 e. The van der Waals surface area contributed by atoms with E-state index < -0.39 is 20.3 Å². The lowest BCUT2D eigenvalue weighted by atomic mass is 15.9. The summed E-state index contributed by atoms with van der Waals surface area (Å²) in [5.41, 5.74) is 0. The minimum absolute atomic E-state index is 1.12. The third-order valence-electron chi connectivity index (χ3n) is 0.400. The summed E-state index contributed by atoms with van der Waals surface area (Å²) in [4.78, 5) is 0. The molecule has 0 rings (SSSR count). The van der Waals surface area contributed by atoms with E-state index in [1.54, 1.807) is 0 Å². The molecule has 0 aliphatic carbocycles. The summed E-state index contributed by atoms with van der Waals surface area (Å²) in [6.07, 6.45) is 0. The molecule has 0 amide bonds. The molecule has 0 saturated carbocycles. The van der Waals surface area contributed by atoms with Crippen LogP contribution in [0, 0.1) is 0 Å². The van der Waals surface area contributed by atoms with Gasteiger partial charge in [0.25, 0.3) is 0 Å². The van der Waals surface area contributed by atoms with Crippen LogP contribution in [0.3, 0.4) is 0 Å². The van der Waals surface area contributed by atoms with E-state index in [1.807, 2.05) is 0 Å². The van der Waals surface area contributed by atoms with Gasteiger partial charge in [-0.15, -0.1) is 47.2 Å². The van der Waals surface area contributed by atoms with Crippen LogP contribution in [0.4, 0.5) is 0 Å². The monoisotopic (exact) mass is 714 g/mol. The molecule has 0 aromatic heterocycles. The lowest BCUT2D eigenvalue weighted by Crippen LogP contribution is -1.75. The van der Waals surface area contributed by atoms with Crippen molar-refractivity contribution in [2.45, 2.75) is 0 Å². The molecule has 0 aromatic rings. The molecular formula is OP5S17-11. The van der Waals surface area contributed by atoms with Gasteiger partial charge in [-0.2, -0.15) is 32.1 Å². The van der Waals surface area contributed by atoms with Gasteiger partial charge in [-0.3, -0.25) is 0 Å². The summed E-state index contributed by atoms with van der Waals surface area (Å²) in [5.74, 6) is 0. The molecule has 144 valence electrons. The molecule has 0 aliphatic heterocycles. The van der Waals surface area contributed by atoms with Crippen LogP contribution in [0.15, 0.2) is 0 Å². The van der Waals surface area contributed by atoms with E-state index in [0.717, 1.165) is 11.0 Å². The molecule has 0 radical (unpaired) electrons. The topological polar surface area (TPSA) is 9.23 Å². The Balaban J connectivity index is -0.000000273. The normalized spacial score (nSPS) is 13.3. The Morgan fingerprint density at radius 2 is 0.696 bits per heavy atom. The molecule has 0 unspecified atom stereocenters. The fourth-order valence-electron chi connectivity index (χ4n) is 0.245. The lowest BCUT2D eigenvalue weighted by molar-refractivity contribution is 0.741. The molecular weight excluding hydrogens is 716 g/mol. The van der Waals surface area contributed by atoms with Gasteiger partial charge in [-0.25, -0.2) is 7.29 Å². The van der Waals surface area contributed by atoms with Crippen LogP contribution in [0.2, 0.25) is 0 Å². The summed E-state index contributed by atoms with van der Waals surface area (Å²) in [5, 5.41) is 0. The maximum atomic E-state index is 4.76. The van der Waals surface area contributed by atoms with Gasteiger partial charge in [0.15, 0.2) is 0 Å². The van der Waals surface area contributed by atoms with E-state index in [0.29, 0.717) is 0 Å². The second kappa shape index (κ2) is 15.3. The van der Waals surface area contributed by atoms with Crippen LogP contribution in [-0.4, -0.2) is 0 Å². The first kappa shape index (κ1) is 35.0.